The van der Waals surface area contributed by atoms with Gasteiger partial charge in [-0.3, -0.25) is 0 Å². The van der Waals surface area contributed by atoms with Gasteiger partial charge in [0.2, 0.25) is 0 Å². The van der Waals surface area contributed by atoms with Crippen molar-refractivity contribution >= 4 is 34.4 Å². The standard InChI is InChI=1S/C14H23IN2O2/c1-13(2,3)11(9-7-8-10(15)16-9)17-12(18)19-14(4,5)6/h8,11H,7H2,1-6H3,(H,17,18)/t11-/m1/s1. The van der Waals surface area contributed by atoms with Crippen molar-refractivity contribution < 1.29 is 9.53 Å². The highest BCUT2D eigenvalue weighted by Gasteiger charge is 2.33. The summed E-state index contributed by atoms with van der Waals surface area (Å²) in [6.07, 6.45) is 2.46. The lowest BCUT2D eigenvalue weighted by atomic mass is 9.83. The SMILES string of the molecule is CC(C)(C)OC(=O)N[C@H](C1=NC(I)=CC1)C(C)(C)C. The number of rotatable bonds is 2. The van der Waals surface area contributed by atoms with Gasteiger partial charge in [-0.15, -0.1) is 0 Å². The van der Waals surface area contributed by atoms with Crippen LogP contribution in [0.3, 0.4) is 0 Å². The van der Waals surface area contributed by atoms with Crippen LogP contribution in [0.5, 0.6) is 0 Å². The molecule has 0 bridgehead atoms. The minimum atomic E-state index is -0.489. The number of carbonyl (C=O) groups excluding carboxylic acids is 1. The zero-order chi connectivity index (χ0) is 14.8. The highest BCUT2D eigenvalue weighted by atomic mass is 127. The molecule has 0 aromatic carbocycles. The van der Waals surface area contributed by atoms with E-state index in [9.17, 15) is 4.79 Å². The van der Waals surface area contributed by atoms with Crippen molar-refractivity contribution in [1.82, 2.24) is 5.32 Å². The van der Waals surface area contributed by atoms with Gasteiger partial charge in [-0.1, -0.05) is 20.8 Å². The maximum atomic E-state index is 11.9. The average Bonchev–Trinajstić information content (AvgIpc) is 2.56. The highest BCUT2D eigenvalue weighted by Crippen LogP contribution is 2.27. The topological polar surface area (TPSA) is 50.7 Å². The summed E-state index contributed by atoms with van der Waals surface area (Å²) >= 11 is 2.19. The number of amides is 1. The van der Waals surface area contributed by atoms with E-state index in [2.05, 4.69) is 59.7 Å². The second-order valence-electron chi connectivity index (χ2n) is 6.78. The Morgan fingerprint density at radius 3 is 2.32 bits per heavy atom. The minimum absolute atomic E-state index is 0.106. The number of nitrogens with one attached hydrogen (secondary N) is 1. The van der Waals surface area contributed by atoms with E-state index >= 15 is 0 Å². The van der Waals surface area contributed by atoms with Crippen molar-refractivity contribution in [3.63, 3.8) is 0 Å². The van der Waals surface area contributed by atoms with Gasteiger partial charge in [0.05, 0.1) is 9.75 Å². The minimum Gasteiger partial charge on any atom is -0.444 e. The normalized spacial score (nSPS) is 17.6. The van der Waals surface area contributed by atoms with Crippen molar-refractivity contribution in [3.05, 3.63) is 9.78 Å². The van der Waals surface area contributed by atoms with E-state index in [-0.39, 0.29) is 11.5 Å². The molecule has 0 spiro atoms. The van der Waals surface area contributed by atoms with Crippen molar-refractivity contribution in [3.8, 4) is 0 Å². The Labute approximate surface area is 129 Å². The number of carbonyl (C=O) groups is 1. The fraction of sp³-hybridized carbons (Fsp3) is 0.714. The molecular formula is C14H23IN2O2. The van der Waals surface area contributed by atoms with E-state index in [0.29, 0.717) is 0 Å². The third-order valence-corrected chi connectivity index (χ3v) is 3.27. The molecule has 0 radical (unpaired) electrons. The van der Waals surface area contributed by atoms with Gasteiger partial charge in [0.1, 0.15) is 5.60 Å². The summed E-state index contributed by atoms with van der Waals surface area (Å²) in [4.78, 5) is 16.4. The highest BCUT2D eigenvalue weighted by molar-refractivity contribution is 14.1. The summed E-state index contributed by atoms with van der Waals surface area (Å²) in [6, 6.07) is -0.120. The largest absolute Gasteiger partial charge is 0.444 e. The van der Waals surface area contributed by atoms with Gasteiger partial charge in [0.25, 0.3) is 0 Å². The van der Waals surface area contributed by atoms with E-state index in [4.69, 9.17) is 4.74 Å². The molecule has 1 N–H and O–H groups in total. The fourth-order valence-corrected chi connectivity index (χ4v) is 2.35. The van der Waals surface area contributed by atoms with Crippen LogP contribution >= 0.6 is 22.6 Å². The molecule has 4 nitrogen and oxygen atoms in total. The van der Waals surface area contributed by atoms with Gasteiger partial charge >= 0.3 is 6.09 Å². The van der Waals surface area contributed by atoms with Crippen LogP contribution in [-0.2, 0) is 4.74 Å². The van der Waals surface area contributed by atoms with Crippen molar-refractivity contribution in [2.75, 3.05) is 0 Å². The maximum Gasteiger partial charge on any atom is 0.408 e. The Hall–Kier alpha value is -0.590. The molecule has 1 heterocycles. The lowest BCUT2D eigenvalue weighted by molar-refractivity contribution is 0.0491. The second-order valence-corrected chi connectivity index (χ2v) is 7.88. The van der Waals surface area contributed by atoms with Crippen LogP contribution in [0.25, 0.3) is 0 Å². The second kappa shape index (κ2) is 5.81. The van der Waals surface area contributed by atoms with Gasteiger partial charge in [0, 0.05) is 12.1 Å². The molecule has 1 aliphatic rings. The number of nitrogens with zero attached hydrogens (tertiary/aromatic N) is 1. The molecule has 0 saturated carbocycles. The van der Waals surface area contributed by atoms with Crippen LogP contribution in [0, 0.1) is 5.41 Å². The van der Waals surface area contributed by atoms with Gasteiger partial charge in [0.15, 0.2) is 0 Å². The van der Waals surface area contributed by atoms with E-state index in [1.807, 2.05) is 20.8 Å². The Kier molecular flexibility index (Phi) is 5.03. The summed E-state index contributed by atoms with van der Waals surface area (Å²) in [6.45, 7) is 11.8. The van der Waals surface area contributed by atoms with Gasteiger partial charge in [-0.25, -0.2) is 9.79 Å². The van der Waals surface area contributed by atoms with Crippen LogP contribution in [0.4, 0.5) is 4.79 Å². The molecule has 1 amide bonds. The molecule has 0 aliphatic carbocycles. The number of halogens is 1. The van der Waals surface area contributed by atoms with Crippen LogP contribution in [0.1, 0.15) is 48.0 Å². The Morgan fingerprint density at radius 1 is 1.37 bits per heavy atom. The molecule has 5 heteroatoms. The van der Waals surface area contributed by atoms with Crippen molar-refractivity contribution in [1.29, 1.82) is 0 Å². The lowest BCUT2D eigenvalue weighted by Crippen LogP contribution is -2.50. The summed E-state index contributed by atoms with van der Waals surface area (Å²) in [5, 5.41) is 2.95. The van der Waals surface area contributed by atoms with E-state index in [0.717, 1.165) is 15.8 Å². The first-order valence-corrected chi connectivity index (χ1v) is 7.49. The molecule has 0 fully saturated rings. The molecule has 19 heavy (non-hydrogen) atoms. The quantitative estimate of drug-likeness (QED) is 0.582. The third-order valence-electron chi connectivity index (χ3n) is 2.59. The molecule has 0 aromatic rings. The van der Waals surface area contributed by atoms with Crippen molar-refractivity contribution in [2.24, 2.45) is 10.4 Å². The molecule has 108 valence electrons. The molecule has 0 unspecified atom stereocenters. The van der Waals surface area contributed by atoms with Gasteiger partial charge in [-0.05, 0) is 54.9 Å². The maximum absolute atomic E-state index is 11.9. The Balaban J connectivity index is 2.78. The van der Waals surface area contributed by atoms with Crippen LogP contribution in [0.2, 0.25) is 0 Å². The van der Waals surface area contributed by atoms with Crippen LogP contribution in [0.15, 0.2) is 14.8 Å². The number of alkyl carbamates (subject to hydrolysis) is 1. The molecule has 1 rings (SSSR count). The third kappa shape index (κ3) is 5.50. The molecular weight excluding hydrogens is 355 g/mol. The average molecular weight is 378 g/mol. The fourth-order valence-electron chi connectivity index (χ4n) is 1.82. The first-order chi connectivity index (χ1) is 8.49. The Morgan fingerprint density at radius 2 is 1.95 bits per heavy atom. The summed E-state index contributed by atoms with van der Waals surface area (Å²) < 4.78 is 6.31. The van der Waals surface area contributed by atoms with Crippen LogP contribution < -0.4 is 5.32 Å². The van der Waals surface area contributed by atoms with E-state index in [1.54, 1.807) is 0 Å². The number of ether oxygens (including phenoxy) is 1. The monoisotopic (exact) mass is 378 g/mol. The number of allylic oxidation sites excluding steroid dienone is 1. The Bertz CT molecular complexity index is 414. The van der Waals surface area contributed by atoms with E-state index in [1.165, 1.54) is 0 Å². The summed E-state index contributed by atoms with van der Waals surface area (Å²) in [5.41, 5.74) is 0.393. The molecule has 0 saturated heterocycles. The van der Waals surface area contributed by atoms with E-state index < -0.39 is 11.7 Å². The van der Waals surface area contributed by atoms with Gasteiger partial charge in [-0.2, -0.15) is 0 Å². The smallest absolute Gasteiger partial charge is 0.408 e. The van der Waals surface area contributed by atoms with Crippen LogP contribution in [-0.4, -0.2) is 23.4 Å². The first-order valence-electron chi connectivity index (χ1n) is 6.42. The predicted octanol–water partition coefficient (Wildman–Crippen LogP) is 4.05. The summed E-state index contributed by atoms with van der Waals surface area (Å²) in [7, 11) is 0. The number of hydrogen-bond acceptors (Lipinski definition) is 3. The first kappa shape index (κ1) is 16.5. The lowest BCUT2D eigenvalue weighted by Gasteiger charge is -2.32. The zero-order valence-electron chi connectivity index (χ0n) is 12.5. The number of hydrogen-bond donors (Lipinski definition) is 1. The molecule has 1 atom stereocenters. The summed E-state index contributed by atoms with van der Waals surface area (Å²) in [5.74, 6) is 0. The zero-order valence-corrected chi connectivity index (χ0v) is 14.7. The predicted molar refractivity (Wildman–Crippen MR) is 86.8 cm³/mol. The number of aliphatic imine (C=N–C) groups is 1. The molecule has 0 aromatic heterocycles. The van der Waals surface area contributed by atoms with Crippen molar-refractivity contribution in [2.45, 2.75) is 59.6 Å². The van der Waals surface area contributed by atoms with Gasteiger partial charge < -0.3 is 10.1 Å². The molecule has 1 aliphatic heterocycles.